The number of anilines is 1. The van der Waals surface area contributed by atoms with E-state index in [4.69, 9.17) is 10.5 Å². The van der Waals surface area contributed by atoms with Crippen LogP contribution in [0.2, 0.25) is 0 Å². The fraction of sp³-hybridized carbons (Fsp3) is 0.300. The molecule has 0 aliphatic rings. The van der Waals surface area contributed by atoms with E-state index in [-0.39, 0.29) is 12.4 Å². The standard InChI is InChI=1S/C10H12BrNO2/c1-2-14-6-10(13)8-5-7(11)3-4-9(8)12/h3-5H,2,6,12H2,1H3. The van der Waals surface area contributed by atoms with E-state index < -0.39 is 0 Å². The lowest BCUT2D eigenvalue weighted by Crippen LogP contribution is -2.11. The fourth-order valence-corrected chi connectivity index (χ4v) is 1.40. The Morgan fingerprint density at radius 1 is 1.57 bits per heavy atom. The number of nitrogens with two attached hydrogens (primary N) is 1. The van der Waals surface area contributed by atoms with Crippen LogP contribution in [-0.4, -0.2) is 19.0 Å². The van der Waals surface area contributed by atoms with Crippen LogP contribution in [0, 0.1) is 0 Å². The van der Waals surface area contributed by atoms with Crippen LogP contribution in [0.3, 0.4) is 0 Å². The van der Waals surface area contributed by atoms with Gasteiger partial charge in [-0.15, -0.1) is 0 Å². The second-order valence-corrected chi connectivity index (χ2v) is 3.71. The van der Waals surface area contributed by atoms with Gasteiger partial charge in [0.1, 0.15) is 6.61 Å². The Morgan fingerprint density at radius 3 is 2.93 bits per heavy atom. The second kappa shape index (κ2) is 5.12. The van der Waals surface area contributed by atoms with Gasteiger partial charge < -0.3 is 10.5 Å². The van der Waals surface area contributed by atoms with Crippen molar-refractivity contribution in [2.75, 3.05) is 18.9 Å². The van der Waals surface area contributed by atoms with Gasteiger partial charge in [0.25, 0.3) is 0 Å². The quantitative estimate of drug-likeness (QED) is 0.665. The van der Waals surface area contributed by atoms with Gasteiger partial charge in [-0.3, -0.25) is 4.79 Å². The molecule has 4 heteroatoms. The maximum absolute atomic E-state index is 11.6. The number of ether oxygens (including phenoxy) is 1. The molecule has 0 aliphatic carbocycles. The average molecular weight is 258 g/mol. The molecule has 1 aromatic rings. The Hall–Kier alpha value is -0.870. The van der Waals surface area contributed by atoms with E-state index in [0.717, 1.165) is 4.47 Å². The van der Waals surface area contributed by atoms with E-state index >= 15 is 0 Å². The monoisotopic (exact) mass is 257 g/mol. The number of benzene rings is 1. The van der Waals surface area contributed by atoms with E-state index in [0.29, 0.717) is 17.9 Å². The predicted molar refractivity (Wildman–Crippen MR) is 59.4 cm³/mol. The first-order valence-corrected chi connectivity index (χ1v) is 5.10. The molecule has 0 saturated carbocycles. The van der Waals surface area contributed by atoms with Crippen molar-refractivity contribution in [2.24, 2.45) is 0 Å². The average Bonchev–Trinajstić information content (AvgIpc) is 2.18. The summed E-state index contributed by atoms with van der Waals surface area (Å²) in [4.78, 5) is 11.6. The molecule has 0 bridgehead atoms. The number of hydrogen-bond donors (Lipinski definition) is 1. The molecule has 14 heavy (non-hydrogen) atoms. The third kappa shape index (κ3) is 2.82. The summed E-state index contributed by atoms with van der Waals surface area (Å²) in [6.45, 7) is 2.45. The molecule has 1 rings (SSSR count). The Labute approximate surface area is 91.4 Å². The number of carbonyl (C=O) groups excluding carboxylic acids is 1. The van der Waals surface area contributed by atoms with E-state index in [2.05, 4.69) is 15.9 Å². The number of halogens is 1. The van der Waals surface area contributed by atoms with Crippen LogP contribution in [-0.2, 0) is 4.74 Å². The lowest BCUT2D eigenvalue weighted by Gasteiger charge is -2.05. The third-order valence-corrected chi connectivity index (χ3v) is 2.25. The molecule has 3 nitrogen and oxygen atoms in total. The van der Waals surface area contributed by atoms with Gasteiger partial charge >= 0.3 is 0 Å². The number of Topliss-reactive ketones (excluding diaryl/α,β-unsaturated/α-hetero) is 1. The summed E-state index contributed by atoms with van der Waals surface area (Å²) in [6.07, 6.45) is 0. The van der Waals surface area contributed by atoms with Crippen LogP contribution in [0.1, 0.15) is 17.3 Å². The van der Waals surface area contributed by atoms with Crippen LogP contribution in [0.5, 0.6) is 0 Å². The zero-order valence-electron chi connectivity index (χ0n) is 7.92. The summed E-state index contributed by atoms with van der Waals surface area (Å²) in [6, 6.07) is 5.20. The predicted octanol–water partition coefficient (Wildman–Crippen LogP) is 2.25. The smallest absolute Gasteiger partial charge is 0.190 e. The number of rotatable bonds is 4. The van der Waals surface area contributed by atoms with Gasteiger partial charge in [-0.25, -0.2) is 0 Å². The van der Waals surface area contributed by atoms with Gasteiger partial charge in [-0.2, -0.15) is 0 Å². The SMILES string of the molecule is CCOCC(=O)c1cc(Br)ccc1N. The summed E-state index contributed by atoms with van der Waals surface area (Å²) in [5, 5.41) is 0. The van der Waals surface area contributed by atoms with E-state index in [1.807, 2.05) is 6.92 Å². The summed E-state index contributed by atoms with van der Waals surface area (Å²) in [7, 11) is 0. The molecular formula is C10H12BrNO2. The lowest BCUT2D eigenvalue weighted by atomic mass is 10.1. The minimum absolute atomic E-state index is 0.0805. The van der Waals surface area contributed by atoms with Crippen molar-refractivity contribution < 1.29 is 9.53 Å². The molecule has 76 valence electrons. The normalized spacial score (nSPS) is 10.1. The van der Waals surface area contributed by atoms with Crippen LogP contribution in [0.15, 0.2) is 22.7 Å². The van der Waals surface area contributed by atoms with Crippen LogP contribution >= 0.6 is 15.9 Å². The van der Waals surface area contributed by atoms with E-state index in [1.54, 1.807) is 18.2 Å². The van der Waals surface area contributed by atoms with Crippen LogP contribution < -0.4 is 5.73 Å². The van der Waals surface area contributed by atoms with Crippen molar-refractivity contribution in [1.82, 2.24) is 0 Å². The summed E-state index contributed by atoms with van der Waals surface area (Å²) >= 11 is 3.28. The molecule has 0 amide bonds. The van der Waals surface area contributed by atoms with Crippen molar-refractivity contribution >= 4 is 27.4 Å². The summed E-state index contributed by atoms with van der Waals surface area (Å²) in [5.41, 5.74) is 6.66. The Kier molecular flexibility index (Phi) is 4.10. The number of ketones is 1. The zero-order chi connectivity index (χ0) is 10.6. The molecule has 0 aromatic heterocycles. The fourth-order valence-electron chi connectivity index (χ4n) is 1.04. The van der Waals surface area contributed by atoms with Crippen LogP contribution in [0.25, 0.3) is 0 Å². The number of hydrogen-bond acceptors (Lipinski definition) is 3. The van der Waals surface area contributed by atoms with Gasteiger partial charge in [-0.1, -0.05) is 15.9 Å². The first-order valence-electron chi connectivity index (χ1n) is 4.31. The molecule has 0 unspecified atom stereocenters. The van der Waals surface area contributed by atoms with E-state index in [1.165, 1.54) is 0 Å². The first-order chi connectivity index (χ1) is 6.65. The highest BCUT2D eigenvalue weighted by molar-refractivity contribution is 9.10. The van der Waals surface area contributed by atoms with Crippen molar-refractivity contribution in [2.45, 2.75) is 6.92 Å². The molecule has 0 aliphatic heterocycles. The number of nitrogen functional groups attached to an aromatic ring is 1. The highest BCUT2D eigenvalue weighted by Crippen LogP contribution is 2.18. The van der Waals surface area contributed by atoms with Crippen molar-refractivity contribution in [3.8, 4) is 0 Å². The molecule has 0 spiro atoms. The van der Waals surface area contributed by atoms with Crippen molar-refractivity contribution in [1.29, 1.82) is 0 Å². The maximum Gasteiger partial charge on any atom is 0.190 e. The molecule has 0 heterocycles. The van der Waals surface area contributed by atoms with Gasteiger partial charge in [0.05, 0.1) is 0 Å². The summed E-state index contributed by atoms with van der Waals surface area (Å²) < 4.78 is 5.86. The highest BCUT2D eigenvalue weighted by Gasteiger charge is 2.09. The van der Waals surface area contributed by atoms with E-state index in [9.17, 15) is 4.79 Å². The van der Waals surface area contributed by atoms with Crippen LogP contribution in [0.4, 0.5) is 5.69 Å². The molecule has 0 radical (unpaired) electrons. The topological polar surface area (TPSA) is 52.3 Å². The van der Waals surface area contributed by atoms with Gasteiger partial charge in [0, 0.05) is 22.3 Å². The maximum atomic E-state index is 11.6. The Balaban J connectivity index is 2.83. The Bertz CT molecular complexity index is 339. The summed E-state index contributed by atoms with van der Waals surface area (Å²) in [5.74, 6) is -0.0920. The largest absolute Gasteiger partial charge is 0.398 e. The highest BCUT2D eigenvalue weighted by atomic mass is 79.9. The van der Waals surface area contributed by atoms with Gasteiger partial charge in [0.15, 0.2) is 5.78 Å². The number of carbonyl (C=O) groups is 1. The Morgan fingerprint density at radius 2 is 2.29 bits per heavy atom. The molecule has 2 N–H and O–H groups in total. The zero-order valence-corrected chi connectivity index (χ0v) is 9.50. The molecule has 0 fully saturated rings. The molecule has 1 aromatic carbocycles. The second-order valence-electron chi connectivity index (χ2n) is 2.79. The first kappa shape index (κ1) is 11.2. The minimum atomic E-state index is -0.0920. The van der Waals surface area contributed by atoms with Gasteiger partial charge in [-0.05, 0) is 25.1 Å². The molecular weight excluding hydrogens is 246 g/mol. The lowest BCUT2D eigenvalue weighted by molar-refractivity contribution is 0.0784. The molecule has 0 saturated heterocycles. The minimum Gasteiger partial charge on any atom is -0.398 e. The van der Waals surface area contributed by atoms with Crippen molar-refractivity contribution in [3.05, 3.63) is 28.2 Å². The van der Waals surface area contributed by atoms with Gasteiger partial charge in [0.2, 0.25) is 0 Å². The van der Waals surface area contributed by atoms with Crippen molar-refractivity contribution in [3.63, 3.8) is 0 Å². The third-order valence-electron chi connectivity index (χ3n) is 1.75. The molecule has 0 atom stereocenters.